The minimum absolute atomic E-state index is 0.0268. The molecule has 32 heavy (non-hydrogen) atoms. The molecule has 7 nitrogen and oxygen atoms in total. The minimum Gasteiger partial charge on any atom is -0.497 e. The zero-order chi connectivity index (χ0) is 22.3. The largest absolute Gasteiger partial charge is 0.497 e. The molecule has 0 amide bonds. The molecule has 1 aromatic heterocycles. The Hall–Kier alpha value is -3.16. The summed E-state index contributed by atoms with van der Waals surface area (Å²) in [5.41, 5.74) is 3.96. The molecule has 4 rings (SSSR count). The average molecular weight is 436 g/mol. The standard InChI is InChI=1S/C25H29N3O4/c1-3-32-24(29)15-22-18-31-13-12-27(22)16-20-17-28(21-9-5-4-6-10-21)26-25(20)19-8-7-11-23(14-19)30-2/h4-11,14,17,22H,3,12-13,15-16,18H2,1-2H3/t22-/m0/s1. The zero-order valence-corrected chi connectivity index (χ0v) is 18.6. The smallest absolute Gasteiger partial charge is 0.307 e. The summed E-state index contributed by atoms with van der Waals surface area (Å²) in [6, 6.07) is 18.0. The lowest BCUT2D eigenvalue weighted by molar-refractivity contribution is -0.146. The van der Waals surface area contributed by atoms with Crippen LogP contribution in [0.2, 0.25) is 0 Å². The van der Waals surface area contributed by atoms with E-state index < -0.39 is 0 Å². The van der Waals surface area contributed by atoms with Gasteiger partial charge < -0.3 is 14.2 Å². The molecule has 3 aromatic rings. The van der Waals surface area contributed by atoms with Crippen LogP contribution in [0.25, 0.3) is 16.9 Å². The molecule has 1 fully saturated rings. The summed E-state index contributed by atoms with van der Waals surface area (Å²) in [5, 5.41) is 4.92. The maximum absolute atomic E-state index is 12.1. The number of hydrogen-bond donors (Lipinski definition) is 0. The number of rotatable bonds is 8. The van der Waals surface area contributed by atoms with Crippen LogP contribution in [0, 0.1) is 0 Å². The first-order valence-electron chi connectivity index (χ1n) is 10.9. The van der Waals surface area contributed by atoms with Crippen molar-refractivity contribution < 1.29 is 19.0 Å². The van der Waals surface area contributed by atoms with Crippen LogP contribution in [0.3, 0.4) is 0 Å². The van der Waals surface area contributed by atoms with E-state index in [4.69, 9.17) is 19.3 Å². The maximum atomic E-state index is 12.1. The fraction of sp³-hybridized carbons (Fsp3) is 0.360. The number of carbonyl (C=O) groups is 1. The van der Waals surface area contributed by atoms with E-state index >= 15 is 0 Å². The number of para-hydroxylation sites is 1. The van der Waals surface area contributed by atoms with E-state index in [-0.39, 0.29) is 12.0 Å². The van der Waals surface area contributed by atoms with E-state index in [2.05, 4.69) is 11.1 Å². The van der Waals surface area contributed by atoms with Crippen molar-refractivity contribution in [1.82, 2.24) is 14.7 Å². The second-order valence-corrected chi connectivity index (χ2v) is 7.72. The van der Waals surface area contributed by atoms with E-state index in [0.29, 0.717) is 32.8 Å². The van der Waals surface area contributed by atoms with Gasteiger partial charge in [-0.15, -0.1) is 0 Å². The van der Waals surface area contributed by atoms with Crippen LogP contribution in [-0.2, 0) is 20.8 Å². The first-order valence-corrected chi connectivity index (χ1v) is 10.9. The van der Waals surface area contributed by atoms with Crippen molar-refractivity contribution in [3.8, 4) is 22.7 Å². The average Bonchev–Trinajstić information content (AvgIpc) is 3.25. The Morgan fingerprint density at radius 3 is 2.81 bits per heavy atom. The molecule has 1 aliphatic heterocycles. The lowest BCUT2D eigenvalue weighted by Gasteiger charge is -2.35. The Balaban J connectivity index is 1.66. The zero-order valence-electron chi connectivity index (χ0n) is 18.6. The van der Waals surface area contributed by atoms with E-state index in [1.54, 1.807) is 7.11 Å². The number of nitrogens with zero attached hydrogens (tertiary/aromatic N) is 3. The van der Waals surface area contributed by atoms with Crippen LogP contribution in [0.1, 0.15) is 18.9 Å². The Morgan fingerprint density at radius 1 is 1.19 bits per heavy atom. The molecule has 168 valence electrons. The number of carbonyl (C=O) groups excluding carboxylic acids is 1. The number of aromatic nitrogens is 2. The quantitative estimate of drug-likeness (QED) is 0.503. The highest BCUT2D eigenvalue weighted by Gasteiger charge is 2.27. The van der Waals surface area contributed by atoms with Crippen molar-refractivity contribution in [2.45, 2.75) is 25.9 Å². The third kappa shape index (κ3) is 5.18. The molecule has 0 aliphatic carbocycles. The van der Waals surface area contributed by atoms with Gasteiger partial charge in [0.2, 0.25) is 0 Å². The van der Waals surface area contributed by atoms with Crippen molar-refractivity contribution >= 4 is 5.97 Å². The van der Waals surface area contributed by atoms with Gasteiger partial charge in [0.05, 0.1) is 44.7 Å². The Labute approximate surface area is 188 Å². The molecule has 0 radical (unpaired) electrons. The van der Waals surface area contributed by atoms with Crippen LogP contribution in [0.5, 0.6) is 5.75 Å². The second-order valence-electron chi connectivity index (χ2n) is 7.72. The molecule has 0 unspecified atom stereocenters. The van der Waals surface area contributed by atoms with Gasteiger partial charge in [-0.2, -0.15) is 5.10 Å². The van der Waals surface area contributed by atoms with Gasteiger partial charge in [-0.05, 0) is 31.2 Å². The van der Waals surface area contributed by atoms with Crippen molar-refractivity contribution in [3.63, 3.8) is 0 Å². The molecule has 0 bridgehead atoms. The summed E-state index contributed by atoms with van der Waals surface area (Å²) in [5.74, 6) is 0.593. The van der Waals surface area contributed by atoms with Gasteiger partial charge >= 0.3 is 5.97 Å². The highest BCUT2D eigenvalue weighted by atomic mass is 16.5. The van der Waals surface area contributed by atoms with Crippen LogP contribution in [0.4, 0.5) is 0 Å². The molecule has 2 heterocycles. The molecule has 0 saturated carbocycles. The van der Waals surface area contributed by atoms with Crippen LogP contribution in [-0.4, -0.2) is 60.2 Å². The molecule has 1 saturated heterocycles. The summed E-state index contributed by atoms with van der Waals surface area (Å²) >= 11 is 0. The summed E-state index contributed by atoms with van der Waals surface area (Å²) in [4.78, 5) is 14.4. The fourth-order valence-corrected chi connectivity index (χ4v) is 3.97. The summed E-state index contributed by atoms with van der Waals surface area (Å²) < 4.78 is 18.2. The van der Waals surface area contributed by atoms with E-state index in [9.17, 15) is 4.79 Å². The summed E-state index contributed by atoms with van der Waals surface area (Å²) in [6.07, 6.45) is 2.39. The van der Waals surface area contributed by atoms with Crippen LogP contribution >= 0.6 is 0 Å². The van der Waals surface area contributed by atoms with Gasteiger partial charge in [0.1, 0.15) is 5.75 Å². The van der Waals surface area contributed by atoms with E-state index in [0.717, 1.165) is 34.8 Å². The highest BCUT2D eigenvalue weighted by molar-refractivity contribution is 5.70. The second kappa shape index (κ2) is 10.4. The van der Waals surface area contributed by atoms with Gasteiger partial charge in [-0.3, -0.25) is 9.69 Å². The molecule has 1 atom stereocenters. The molecule has 1 aliphatic rings. The topological polar surface area (TPSA) is 65.8 Å². The number of hydrogen-bond acceptors (Lipinski definition) is 6. The lowest BCUT2D eigenvalue weighted by Crippen LogP contribution is -2.46. The first-order chi connectivity index (χ1) is 15.7. The van der Waals surface area contributed by atoms with Crippen molar-refractivity contribution in [2.24, 2.45) is 0 Å². The maximum Gasteiger partial charge on any atom is 0.307 e. The molecular weight excluding hydrogens is 406 g/mol. The number of methoxy groups -OCH3 is 1. The van der Waals surface area contributed by atoms with Gasteiger partial charge in [0.25, 0.3) is 0 Å². The first kappa shape index (κ1) is 22.0. The number of benzene rings is 2. The Morgan fingerprint density at radius 2 is 2.03 bits per heavy atom. The van der Waals surface area contributed by atoms with Gasteiger partial charge in [0, 0.05) is 36.5 Å². The number of ether oxygens (including phenoxy) is 3. The fourth-order valence-electron chi connectivity index (χ4n) is 3.97. The van der Waals surface area contributed by atoms with E-state index in [1.165, 1.54) is 0 Å². The predicted octanol–water partition coefficient (Wildman–Crippen LogP) is 3.70. The minimum atomic E-state index is -0.194. The summed E-state index contributed by atoms with van der Waals surface area (Å²) in [7, 11) is 1.66. The Kier molecular flexibility index (Phi) is 7.19. The molecular formula is C25H29N3O4. The predicted molar refractivity (Wildman–Crippen MR) is 122 cm³/mol. The van der Waals surface area contributed by atoms with Gasteiger partial charge in [0.15, 0.2) is 0 Å². The SMILES string of the molecule is CCOC(=O)C[C@H]1COCCN1Cc1cn(-c2ccccc2)nc1-c1cccc(OC)c1. The normalized spacial score (nSPS) is 16.6. The van der Waals surface area contributed by atoms with Crippen molar-refractivity contribution in [1.29, 1.82) is 0 Å². The number of esters is 1. The summed E-state index contributed by atoms with van der Waals surface area (Å²) in [6.45, 7) is 4.77. The monoisotopic (exact) mass is 435 g/mol. The van der Waals surface area contributed by atoms with Crippen LogP contribution < -0.4 is 4.74 Å². The molecule has 7 heteroatoms. The third-order valence-corrected chi connectivity index (χ3v) is 5.58. The molecule has 2 aromatic carbocycles. The molecule has 0 N–H and O–H groups in total. The Bertz CT molecular complexity index is 1030. The van der Waals surface area contributed by atoms with Crippen LogP contribution in [0.15, 0.2) is 60.8 Å². The van der Waals surface area contributed by atoms with Crippen molar-refractivity contribution in [2.75, 3.05) is 33.5 Å². The lowest BCUT2D eigenvalue weighted by atomic mass is 10.1. The van der Waals surface area contributed by atoms with Gasteiger partial charge in [-0.1, -0.05) is 30.3 Å². The number of morpholine rings is 1. The third-order valence-electron chi connectivity index (χ3n) is 5.58. The highest BCUT2D eigenvalue weighted by Crippen LogP contribution is 2.29. The van der Waals surface area contributed by atoms with E-state index in [1.807, 2.05) is 66.2 Å². The molecule has 0 spiro atoms. The van der Waals surface area contributed by atoms with Crippen molar-refractivity contribution in [3.05, 3.63) is 66.4 Å². The van der Waals surface area contributed by atoms with Gasteiger partial charge in [-0.25, -0.2) is 4.68 Å².